The molecule has 5 nitrogen and oxygen atoms in total. The van der Waals surface area contributed by atoms with Crippen molar-refractivity contribution in [3.05, 3.63) is 35.4 Å². The van der Waals surface area contributed by atoms with Crippen LogP contribution < -0.4 is 0 Å². The Kier molecular flexibility index (Phi) is 6.94. The van der Waals surface area contributed by atoms with Crippen LogP contribution in [0.2, 0.25) is 0 Å². The van der Waals surface area contributed by atoms with Crippen molar-refractivity contribution >= 4 is 17.7 Å². The van der Waals surface area contributed by atoms with Gasteiger partial charge in [0, 0.05) is 0 Å². The van der Waals surface area contributed by atoms with Gasteiger partial charge in [-0.25, -0.2) is 4.79 Å². The molecule has 0 aliphatic heterocycles. The number of ketones is 1. The van der Waals surface area contributed by atoms with Gasteiger partial charge in [-0.1, -0.05) is 18.2 Å². The summed E-state index contributed by atoms with van der Waals surface area (Å²) in [5.74, 6) is -4.89. The Morgan fingerprint density at radius 3 is 2.25 bits per heavy atom. The molecule has 0 N–H and O–H groups in total. The zero-order valence-corrected chi connectivity index (χ0v) is 13.2. The summed E-state index contributed by atoms with van der Waals surface area (Å²) in [6.45, 7) is 2.89. The third-order valence-corrected chi connectivity index (χ3v) is 3.06. The van der Waals surface area contributed by atoms with Gasteiger partial charge < -0.3 is 9.47 Å². The molecule has 24 heavy (non-hydrogen) atoms. The van der Waals surface area contributed by atoms with Crippen LogP contribution in [0.15, 0.2) is 24.3 Å². The fraction of sp³-hybridized carbons (Fsp3) is 0.438. The molecule has 0 saturated heterocycles. The van der Waals surface area contributed by atoms with Crippen LogP contribution in [-0.2, 0) is 36.5 Å². The van der Waals surface area contributed by atoms with Crippen LogP contribution in [-0.4, -0.2) is 30.9 Å². The van der Waals surface area contributed by atoms with Crippen molar-refractivity contribution in [3.63, 3.8) is 0 Å². The first kappa shape index (κ1) is 19.7. The van der Waals surface area contributed by atoms with Crippen molar-refractivity contribution in [1.29, 1.82) is 0 Å². The van der Waals surface area contributed by atoms with Gasteiger partial charge in [-0.05, 0) is 31.9 Å². The minimum Gasteiger partial charge on any atom is -0.465 e. The summed E-state index contributed by atoms with van der Waals surface area (Å²) in [5.41, 5.74) is -0.827. The Morgan fingerprint density at radius 1 is 1.08 bits per heavy atom. The monoisotopic (exact) mass is 346 g/mol. The smallest absolute Gasteiger partial charge is 0.416 e. The summed E-state index contributed by atoms with van der Waals surface area (Å²) in [4.78, 5) is 35.5. The zero-order chi connectivity index (χ0) is 18.3. The highest BCUT2D eigenvalue weighted by molar-refractivity contribution is 6.37. The number of hydrogen-bond donors (Lipinski definition) is 0. The molecule has 0 heterocycles. The molecule has 8 heteroatoms. The molecule has 1 atom stereocenters. The maximum atomic E-state index is 12.7. The van der Waals surface area contributed by atoms with Crippen molar-refractivity contribution in [2.45, 2.75) is 26.4 Å². The molecule has 0 spiro atoms. The van der Waals surface area contributed by atoms with E-state index in [-0.39, 0.29) is 25.2 Å². The molecule has 0 aromatic heterocycles. The summed E-state index contributed by atoms with van der Waals surface area (Å²) in [6, 6.07) is 4.19. The molecule has 1 rings (SSSR count). The summed E-state index contributed by atoms with van der Waals surface area (Å²) in [6.07, 6.45) is -4.94. The number of Topliss-reactive ketones (excluding diaryl/α,β-unsaturated/α-hetero) is 1. The van der Waals surface area contributed by atoms with E-state index in [4.69, 9.17) is 4.74 Å². The predicted octanol–water partition coefficient (Wildman–Crippen LogP) is 2.56. The van der Waals surface area contributed by atoms with E-state index in [1.54, 1.807) is 0 Å². The van der Waals surface area contributed by atoms with Crippen LogP contribution in [0, 0.1) is 5.92 Å². The largest absolute Gasteiger partial charge is 0.465 e. The molecule has 1 aromatic carbocycles. The van der Waals surface area contributed by atoms with E-state index in [1.807, 2.05) is 0 Å². The molecule has 0 bridgehead atoms. The topological polar surface area (TPSA) is 69.7 Å². The number of carbonyl (C=O) groups is 3. The van der Waals surface area contributed by atoms with E-state index in [1.165, 1.54) is 19.9 Å². The van der Waals surface area contributed by atoms with Crippen LogP contribution in [0.1, 0.15) is 25.0 Å². The van der Waals surface area contributed by atoms with Gasteiger partial charge in [0.15, 0.2) is 0 Å². The van der Waals surface area contributed by atoms with Crippen LogP contribution >= 0.6 is 0 Å². The van der Waals surface area contributed by atoms with Gasteiger partial charge >= 0.3 is 18.1 Å². The van der Waals surface area contributed by atoms with Crippen LogP contribution in [0.4, 0.5) is 13.2 Å². The van der Waals surface area contributed by atoms with E-state index in [0.717, 1.165) is 18.2 Å². The Bertz CT molecular complexity index is 610. The maximum absolute atomic E-state index is 12.7. The third-order valence-electron chi connectivity index (χ3n) is 3.06. The molecule has 0 radical (unpaired) electrons. The van der Waals surface area contributed by atoms with Gasteiger partial charge in [0.1, 0.15) is 5.92 Å². The number of benzene rings is 1. The van der Waals surface area contributed by atoms with E-state index < -0.39 is 35.4 Å². The van der Waals surface area contributed by atoms with Crippen LogP contribution in [0.3, 0.4) is 0 Å². The lowest BCUT2D eigenvalue weighted by molar-refractivity contribution is -0.162. The van der Waals surface area contributed by atoms with Crippen LogP contribution in [0.5, 0.6) is 0 Å². The number of carbonyl (C=O) groups excluding carboxylic acids is 3. The van der Waals surface area contributed by atoms with Gasteiger partial charge in [-0.15, -0.1) is 0 Å². The highest BCUT2D eigenvalue weighted by Crippen LogP contribution is 2.30. The molecule has 0 amide bonds. The highest BCUT2D eigenvalue weighted by Gasteiger charge is 2.35. The first-order valence-electron chi connectivity index (χ1n) is 7.24. The quantitative estimate of drug-likeness (QED) is 0.431. The number of alkyl halides is 3. The Hall–Kier alpha value is -2.38. The molecule has 0 fully saturated rings. The minimum atomic E-state index is -4.55. The lowest BCUT2D eigenvalue weighted by atomic mass is 9.94. The van der Waals surface area contributed by atoms with Crippen molar-refractivity contribution in [3.8, 4) is 0 Å². The number of hydrogen-bond acceptors (Lipinski definition) is 5. The second-order valence-electron chi connectivity index (χ2n) is 4.79. The summed E-state index contributed by atoms with van der Waals surface area (Å²) in [5, 5.41) is 0. The maximum Gasteiger partial charge on any atom is 0.416 e. The number of esters is 2. The van der Waals surface area contributed by atoms with Crippen molar-refractivity contribution in [1.82, 2.24) is 0 Å². The zero-order valence-electron chi connectivity index (χ0n) is 13.2. The second kappa shape index (κ2) is 8.47. The Morgan fingerprint density at radius 2 is 1.71 bits per heavy atom. The molecule has 0 saturated carbocycles. The average molecular weight is 346 g/mol. The highest BCUT2D eigenvalue weighted by atomic mass is 19.4. The summed E-state index contributed by atoms with van der Waals surface area (Å²) in [7, 11) is 0. The molecule has 0 aliphatic rings. The van der Waals surface area contributed by atoms with Gasteiger partial charge in [0.05, 0.1) is 18.8 Å². The van der Waals surface area contributed by atoms with E-state index in [0.29, 0.717) is 0 Å². The lowest BCUT2D eigenvalue weighted by Gasteiger charge is -2.15. The normalized spacial score (nSPS) is 12.4. The van der Waals surface area contributed by atoms with E-state index >= 15 is 0 Å². The fourth-order valence-electron chi connectivity index (χ4n) is 1.98. The van der Waals surface area contributed by atoms with Crippen molar-refractivity contribution in [2.75, 3.05) is 13.2 Å². The Labute approximate surface area is 136 Å². The molecule has 132 valence electrons. The molecule has 0 aliphatic carbocycles. The molecule has 1 unspecified atom stereocenters. The Balaban J connectivity index is 3.07. The van der Waals surface area contributed by atoms with Crippen molar-refractivity contribution < 1.29 is 37.0 Å². The van der Waals surface area contributed by atoms with Gasteiger partial charge in [0.2, 0.25) is 0 Å². The number of ether oxygens (including phenoxy) is 2. The second-order valence-corrected chi connectivity index (χ2v) is 4.79. The van der Waals surface area contributed by atoms with Crippen molar-refractivity contribution in [2.24, 2.45) is 5.92 Å². The first-order chi connectivity index (χ1) is 11.2. The van der Waals surface area contributed by atoms with Crippen LogP contribution in [0.25, 0.3) is 0 Å². The summed E-state index contributed by atoms with van der Waals surface area (Å²) < 4.78 is 47.5. The van der Waals surface area contributed by atoms with E-state index in [2.05, 4.69) is 4.74 Å². The fourth-order valence-corrected chi connectivity index (χ4v) is 1.98. The third kappa shape index (κ3) is 5.36. The van der Waals surface area contributed by atoms with Gasteiger partial charge in [-0.3, -0.25) is 9.59 Å². The van der Waals surface area contributed by atoms with Gasteiger partial charge in [0.25, 0.3) is 5.78 Å². The lowest BCUT2D eigenvalue weighted by Crippen LogP contribution is -2.34. The molecular weight excluding hydrogens is 329 g/mol. The van der Waals surface area contributed by atoms with Gasteiger partial charge in [-0.2, -0.15) is 13.2 Å². The molecular formula is C16H17F3O5. The summed E-state index contributed by atoms with van der Waals surface area (Å²) >= 11 is 0. The number of rotatable bonds is 7. The SMILES string of the molecule is CCOC(=O)C(=O)C(Cc1cccc(C(F)(F)F)c1)C(=O)OCC. The average Bonchev–Trinajstić information content (AvgIpc) is 2.52. The first-order valence-corrected chi connectivity index (χ1v) is 7.24. The predicted molar refractivity (Wildman–Crippen MR) is 76.9 cm³/mol. The number of halogens is 3. The molecule has 1 aromatic rings. The minimum absolute atomic E-state index is 0.0337. The van der Waals surface area contributed by atoms with E-state index in [9.17, 15) is 27.6 Å². The standard InChI is InChI=1S/C16H17F3O5/c1-3-23-14(21)12(13(20)15(22)24-4-2)9-10-6-5-7-11(8-10)16(17,18)19/h5-8,12H,3-4,9H2,1-2H3.